The lowest BCUT2D eigenvalue weighted by Crippen LogP contribution is -2.27. The van der Waals surface area contributed by atoms with E-state index in [1.807, 2.05) is 0 Å². The number of aryl methyl sites for hydroxylation is 1. The Labute approximate surface area is 205 Å². The Morgan fingerprint density at radius 1 is 1.25 bits per heavy atom. The van der Waals surface area contributed by atoms with Crippen LogP contribution in [0.3, 0.4) is 0 Å². The number of ether oxygens (including phenoxy) is 1. The third-order valence-electron chi connectivity index (χ3n) is 5.67. The van der Waals surface area contributed by atoms with Gasteiger partial charge in [-0.15, -0.1) is 0 Å². The maximum absolute atomic E-state index is 13.6. The van der Waals surface area contributed by atoms with Crippen molar-refractivity contribution in [3.05, 3.63) is 65.1 Å². The van der Waals surface area contributed by atoms with Crippen LogP contribution in [-0.2, 0) is 6.18 Å². The summed E-state index contributed by atoms with van der Waals surface area (Å²) in [4.78, 5) is 8.49. The average molecular weight is 526 g/mol. The second-order valence-electron chi connectivity index (χ2n) is 8.37. The Morgan fingerprint density at radius 3 is 2.69 bits per heavy atom. The molecule has 7 nitrogen and oxygen atoms in total. The monoisotopic (exact) mass is 525 g/mol. The second-order valence-corrected chi connectivity index (χ2v) is 8.78. The first kappa shape index (κ1) is 24.0. The quantitative estimate of drug-likeness (QED) is 0.326. The van der Waals surface area contributed by atoms with Crippen LogP contribution >= 0.6 is 11.6 Å². The summed E-state index contributed by atoms with van der Waals surface area (Å²) in [6, 6.07) is 5.30. The fourth-order valence-corrected chi connectivity index (χ4v) is 4.09. The van der Waals surface area contributed by atoms with Crippen molar-refractivity contribution in [2.24, 2.45) is 0 Å². The van der Waals surface area contributed by atoms with Crippen molar-refractivity contribution in [2.75, 3.05) is 6.61 Å². The SMILES string of the molecule is C=C1N[C@@H](COc2ccc(-c3noc(-c4cn5cc(C(F)(F)F)cc(Cl)c5n4)n3)cc2C)CC1(F)F. The minimum absolute atomic E-state index is 0.00947. The molecule has 5 rings (SSSR count). The Morgan fingerprint density at radius 2 is 2.03 bits per heavy atom. The summed E-state index contributed by atoms with van der Waals surface area (Å²) in [7, 11) is 0. The van der Waals surface area contributed by atoms with E-state index in [4.69, 9.17) is 20.9 Å². The molecular weight excluding hydrogens is 509 g/mol. The summed E-state index contributed by atoms with van der Waals surface area (Å²) >= 11 is 5.98. The summed E-state index contributed by atoms with van der Waals surface area (Å²) in [5.41, 5.74) is 0.306. The predicted molar refractivity (Wildman–Crippen MR) is 120 cm³/mol. The van der Waals surface area contributed by atoms with Gasteiger partial charge in [0, 0.05) is 24.4 Å². The molecule has 36 heavy (non-hydrogen) atoms. The Balaban J connectivity index is 1.34. The van der Waals surface area contributed by atoms with Crippen LogP contribution in [0.2, 0.25) is 5.02 Å². The van der Waals surface area contributed by atoms with Crippen molar-refractivity contribution in [3.63, 3.8) is 0 Å². The van der Waals surface area contributed by atoms with E-state index in [0.29, 0.717) is 16.9 Å². The molecule has 0 spiro atoms. The number of nitrogens with zero attached hydrogens (tertiary/aromatic N) is 4. The molecule has 0 radical (unpaired) electrons. The van der Waals surface area contributed by atoms with Gasteiger partial charge in [0.2, 0.25) is 5.82 Å². The molecule has 1 saturated heterocycles. The lowest BCUT2D eigenvalue weighted by Gasteiger charge is -2.14. The number of pyridine rings is 1. The molecule has 188 valence electrons. The van der Waals surface area contributed by atoms with Gasteiger partial charge in [0.05, 0.1) is 22.3 Å². The van der Waals surface area contributed by atoms with Gasteiger partial charge in [0.15, 0.2) is 5.65 Å². The third kappa shape index (κ3) is 4.48. The van der Waals surface area contributed by atoms with Crippen LogP contribution in [-0.4, -0.2) is 38.1 Å². The molecule has 4 aromatic rings. The molecule has 1 fully saturated rings. The molecule has 1 atom stereocenters. The van der Waals surface area contributed by atoms with E-state index >= 15 is 0 Å². The molecule has 1 N–H and O–H groups in total. The van der Waals surface area contributed by atoms with Gasteiger partial charge in [-0.25, -0.2) is 4.98 Å². The number of benzene rings is 1. The molecule has 1 aliphatic heterocycles. The average Bonchev–Trinajstić information content (AvgIpc) is 3.50. The molecule has 3 aromatic heterocycles. The minimum Gasteiger partial charge on any atom is -0.491 e. The first-order valence-corrected chi connectivity index (χ1v) is 11.0. The summed E-state index contributed by atoms with van der Waals surface area (Å²) < 4.78 is 78.5. The van der Waals surface area contributed by atoms with Gasteiger partial charge in [0.25, 0.3) is 11.8 Å². The van der Waals surface area contributed by atoms with Gasteiger partial charge in [-0.3, -0.25) is 0 Å². The van der Waals surface area contributed by atoms with Crippen LogP contribution in [0, 0.1) is 6.92 Å². The van der Waals surface area contributed by atoms with Crippen molar-refractivity contribution in [1.29, 1.82) is 0 Å². The van der Waals surface area contributed by atoms with Crippen LogP contribution < -0.4 is 10.1 Å². The molecular formula is C23H17ClF5N5O2. The number of aromatic nitrogens is 4. The number of fused-ring (bicyclic) bond motifs is 1. The van der Waals surface area contributed by atoms with Crippen molar-refractivity contribution in [1.82, 2.24) is 24.8 Å². The van der Waals surface area contributed by atoms with E-state index in [0.717, 1.165) is 16.7 Å². The topological polar surface area (TPSA) is 77.5 Å². The van der Waals surface area contributed by atoms with Crippen LogP contribution in [0.1, 0.15) is 17.5 Å². The van der Waals surface area contributed by atoms with E-state index in [-0.39, 0.29) is 46.8 Å². The highest BCUT2D eigenvalue weighted by atomic mass is 35.5. The molecule has 13 heteroatoms. The molecule has 0 bridgehead atoms. The number of halogens is 6. The van der Waals surface area contributed by atoms with E-state index in [9.17, 15) is 22.0 Å². The molecule has 0 saturated carbocycles. The number of hydrogen-bond acceptors (Lipinski definition) is 6. The van der Waals surface area contributed by atoms with Gasteiger partial charge in [-0.05, 0) is 36.8 Å². The predicted octanol–water partition coefficient (Wildman–Crippen LogP) is 5.92. The summed E-state index contributed by atoms with van der Waals surface area (Å²) in [6.45, 7) is 5.14. The highest BCUT2D eigenvalue weighted by molar-refractivity contribution is 6.33. The first-order chi connectivity index (χ1) is 16.9. The van der Waals surface area contributed by atoms with E-state index in [1.54, 1.807) is 25.1 Å². The lowest BCUT2D eigenvalue weighted by atomic mass is 10.1. The number of alkyl halides is 5. The van der Waals surface area contributed by atoms with Gasteiger partial charge >= 0.3 is 6.18 Å². The largest absolute Gasteiger partial charge is 0.491 e. The van der Waals surface area contributed by atoms with Crippen LogP contribution in [0.5, 0.6) is 5.75 Å². The molecule has 1 aliphatic rings. The number of hydrogen-bond donors (Lipinski definition) is 1. The smallest absolute Gasteiger partial charge is 0.417 e. The molecule has 0 aliphatic carbocycles. The number of imidazole rings is 1. The Kier molecular flexibility index (Phi) is 5.66. The van der Waals surface area contributed by atoms with Crippen molar-refractivity contribution in [3.8, 4) is 28.7 Å². The highest BCUT2D eigenvalue weighted by Crippen LogP contribution is 2.35. The van der Waals surface area contributed by atoms with Crippen molar-refractivity contribution >= 4 is 17.2 Å². The molecule has 0 unspecified atom stereocenters. The van der Waals surface area contributed by atoms with E-state index < -0.39 is 23.7 Å². The number of rotatable bonds is 5. The first-order valence-electron chi connectivity index (χ1n) is 10.6. The van der Waals surface area contributed by atoms with Gasteiger partial charge < -0.3 is 19.0 Å². The number of nitrogens with one attached hydrogen (secondary N) is 1. The fourth-order valence-electron chi connectivity index (χ4n) is 3.84. The van der Waals surface area contributed by atoms with Crippen molar-refractivity contribution < 1.29 is 31.2 Å². The van der Waals surface area contributed by atoms with Gasteiger partial charge in [0.1, 0.15) is 18.1 Å². The normalized spacial score (nSPS) is 17.5. The second kappa shape index (κ2) is 8.47. The maximum Gasteiger partial charge on any atom is 0.417 e. The summed E-state index contributed by atoms with van der Waals surface area (Å²) in [6.07, 6.45) is -2.78. The Hall–Kier alpha value is -3.67. The van der Waals surface area contributed by atoms with Crippen LogP contribution in [0.15, 0.2) is 53.5 Å². The molecule has 4 heterocycles. The van der Waals surface area contributed by atoms with E-state index in [2.05, 4.69) is 27.0 Å². The zero-order valence-electron chi connectivity index (χ0n) is 18.5. The molecule has 1 aromatic carbocycles. The zero-order valence-corrected chi connectivity index (χ0v) is 19.3. The fraction of sp³-hybridized carbons (Fsp3) is 0.261. The minimum atomic E-state index is -4.57. The standard InChI is InChI=1S/C23H17ClF5N5O2/c1-11-5-13(3-4-18(11)35-10-15-7-22(25,26)12(2)30-15)19-32-21(36-33-19)17-9-34-8-14(23(27,28)29)6-16(24)20(34)31-17/h3-6,8-9,15,30H,2,7,10H2,1H3/t15-/m1/s1. The summed E-state index contributed by atoms with van der Waals surface area (Å²) in [5, 5.41) is 6.39. The van der Waals surface area contributed by atoms with Crippen LogP contribution in [0.25, 0.3) is 28.6 Å². The molecule has 0 amide bonds. The highest BCUT2D eigenvalue weighted by Gasteiger charge is 2.43. The number of allylic oxidation sites excluding steroid dienone is 1. The van der Waals surface area contributed by atoms with Crippen LogP contribution in [0.4, 0.5) is 22.0 Å². The van der Waals surface area contributed by atoms with Crippen molar-refractivity contribution in [2.45, 2.75) is 31.5 Å². The third-order valence-corrected chi connectivity index (χ3v) is 5.95. The van der Waals surface area contributed by atoms with E-state index in [1.165, 1.54) is 6.20 Å². The summed E-state index contributed by atoms with van der Waals surface area (Å²) in [5.74, 6) is -2.26. The zero-order chi connectivity index (χ0) is 25.8. The van der Waals surface area contributed by atoms with Gasteiger partial charge in [-0.1, -0.05) is 23.3 Å². The Bertz CT molecular complexity index is 1480. The maximum atomic E-state index is 13.6. The van der Waals surface area contributed by atoms with Gasteiger partial charge in [-0.2, -0.15) is 26.9 Å². The lowest BCUT2D eigenvalue weighted by molar-refractivity contribution is -0.137.